The number of rotatable bonds is 19. The summed E-state index contributed by atoms with van der Waals surface area (Å²) >= 11 is 0. The minimum absolute atomic E-state index is 0.0997. The molecular weight excluding hydrogens is 847 g/mol. The molecule has 5 aliphatic heterocycles. The first kappa shape index (κ1) is 56.1. The summed E-state index contributed by atoms with van der Waals surface area (Å²) in [5, 5.41) is 38.3. The summed E-state index contributed by atoms with van der Waals surface area (Å²) in [5.41, 5.74) is 1.10. The Morgan fingerprint density at radius 3 is 2.00 bits per heavy atom. The van der Waals surface area contributed by atoms with Crippen molar-refractivity contribution in [1.82, 2.24) is 24.9 Å². The highest BCUT2D eigenvalue weighted by Crippen LogP contribution is 2.36. The van der Waals surface area contributed by atoms with E-state index in [0.29, 0.717) is 38.3 Å². The molecule has 0 saturated carbocycles. The fourth-order valence-electron chi connectivity index (χ4n) is 11.9. The lowest BCUT2D eigenvalue weighted by Crippen LogP contribution is -2.62. The molecule has 0 aromatic rings. The molecule has 0 radical (unpaired) electrons. The molecule has 5 heterocycles. The molecule has 67 heavy (non-hydrogen) atoms. The topological polar surface area (TPSA) is 148 Å². The van der Waals surface area contributed by atoms with E-state index in [1.54, 1.807) is 6.92 Å². The maximum Gasteiger partial charge on any atom is 0.308 e. The second-order valence-electron chi connectivity index (χ2n) is 21.8. The van der Waals surface area contributed by atoms with E-state index in [2.05, 4.69) is 59.9 Å². The lowest BCUT2D eigenvalue weighted by molar-refractivity contribution is -0.281. The summed E-state index contributed by atoms with van der Waals surface area (Å²) < 4.78 is 18.6. The maximum atomic E-state index is 14.9. The molecule has 13 atom stereocenters. The lowest BCUT2D eigenvalue weighted by atomic mass is 9.75. The number of unbranched alkanes of at least 4 members (excludes halogenated alkanes) is 1. The Morgan fingerprint density at radius 1 is 0.806 bits per heavy atom. The fraction of sp³-hybridized carbons (Fsp3) is 0.889. The Hall–Kier alpha value is -1.78. The molecule has 0 aliphatic carbocycles. The van der Waals surface area contributed by atoms with Gasteiger partial charge < -0.3 is 54.4 Å². The van der Waals surface area contributed by atoms with Crippen molar-refractivity contribution in [2.75, 3.05) is 79.7 Å². The van der Waals surface area contributed by atoms with Crippen LogP contribution in [0.3, 0.4) is 0 Å². The van der Waals surface area contributed by atoms with Gasteiger partial charge in [0.05, 0.1) is 44.0 Å². The Morgan fingerprint density at radius 2 is 1.40 bits per heavy atom. The number of likely N-dealkylation sites (N-methyl/N-ethyl adjacent to an activating group) is 1. The molecule has 13 heteroatoms. The quantitative estimate of drug-likeness (QED) is 0.0818. The minimum Gasteiger partial charge on any atom is -0.465 e. The second-order valence-corrected chi connectivity index (χ2v) is 21.8. The Bertz CT molecular complexity index is 1480. The predicted octanol–water partition coefficient (Wildman–Crippen LogP) is 6.58. The van der Waals surface area contributed by atoms with Crippen molar-refractivity contribution in [2.45, 2.75) is 205 Å². The number of hydrogen-bond acceptors (Lipinski definition) is 13. The zero-order valence-electron chi connectivity index (χ0n) is 43.2. The molecule has 4 N–H and O–H groups in total. The third-order valence-corrected chi connectivity index (χ3v) is 16.2. The Kier molecular flexibility index (Phi) is 24.7. The number of carbonyl (C=O) groups excluding carboxylic acids is 2. The molecule has 386 valence electrons. The van der Waals surface area contributed by atoms with E-state index in [1.807, 2.05) is 25.1 Å². The van der Waals surface area contributed by atoms with Crippen molar-refractivity contribution in [3.63, 3.8) is 0 Å². The Balaban J connectivity index is 1.48. The van der Waals surface area contributed by atoms with Gasteiger partial charge in [-0.15, -0.1) is 0 Å². The van der Waals surface area contributed by atoms with Crippen LogP contribution in [0, 0.1) is 23.7 Å². The van der Waals surface area contributed by atoms with Crippen molar-refractivity contribution in [3.05, 3.63) is 23.8 Å². The number of hydrogen-bond donors (Lipinski definition) is 4. The van der Waals surface area contributed by atoms with Crippen LogP contribution in [0.4, 0.5) is 0 Å². The van der Waals surface area contributed by atoms with Gasteiger partial charge in [0.2, 0.25) is 0 Å². The molecular formula is C54H97N5O8. The number of aliphatic hydroxyl groups is 3. The van der Waals surface area contributed by atoms with Crippen LogP contribution in [0.15, 0.2) is 23.8 Å². The van der Waals surface area contributed by atoms with Gasteiger partial charge in [-0.2, -0.15) is 0 Å². The van der Waals surface area contributed by atoms with Crippen LogP contribution in [-0.4, -0.2) is 181 Å². The molecule has 3 unspecified atom stereocenters. The standard InChI is InChI=1S/C54H97N5O8/c1-8-9-24-55-37-44-35-43(32-39(2)57-25-13-10-14-26-57)19-22-48(60)46(33-40(3)58-27-15-11-16-28-58)21-20-45(23-31-65-54-53(64)51(56(6)7)52(63)42(5)67-54)47(49(61)36-50(62)66-38-44)34-41(4)59-29-17-12-18-30-59/h19,22,35,39-42,44-47,49,51-55,61,63-64H,8-18,20-21,23-34,36-38H2,1-7H3/b22-19+,43-35-/t39?,40?,41?,42-,44-,45+,46-,47+,49-,51+,52-,53-,54-/m1/s1. The van der Waals surface area contributed by atoms with Gasteiger partial charge in [0.25, 0.3) is 0 Å². The van der Waals surface area contributed by atoms with Gasteiger partial charge >= 0.3 is 5.97 Å². The molecule has 4 saturated heterocycles. The van der Waals surface area contributed by atoms with E-state index >= 15 is 0 Å². The number of nitrogens with zero attached hydrogens (tertiary/aromatic N) is 4. The summed E-state index contributed by atoms with van der Waals surface area (Å²) in [6, 6.07) is 0.197. The molecule has 0 aromatic heterocycles. The zero-order chi connectivity index (χ0) is 48.3. The van der Waals surface area contributed by atoms with E-state index in [-0.39, 0.29) is 67.1 Å². The summed E-state index contributed by atoms with van der Waals surface area (Å²) in [6.07, 6.45) is 18.9. The maximum absolute atomic E-state index is 14.9. The molecule has 5 rings (SSSR count). The fourth-order valence-corrected chi connectivity index (χ4v) is 11.9. The van der Waals surface area contributed by atoms with Crippen LogP contribution < -0.4 is 5.32 Å². The largest absolute Gasteiger partial charge is 0.465 e. The van der Waals surface area contributed by atoms with Gasteiger partial charge in [-0.3, -0.25) is 9.59 Å². The number of likely N-dealkylation sites (tertiary alicyclic amines) is 3. The summed E-state index contributed by atoms with van der Waals surface area (Å²) in [7, 11) is 3.67. The van der Waals surface area contributed by atoms with Gasteiger partial charge in [0.15, 0.2) is 12.1 Å². The first-order chi connectivity index (χ1) is 32.2. The number of allylic oxidation sites excluding steroid dienone is 2. The number of cyclic esters (lactones) is 1. The highest BCUT2D eigenvalue weighted by Gasteiger charge is 2.45. The van der Waals surface area contributed by atoms with Gasteiger partial charge in [0.1, 0.15) is 6.10 Å². The van der Waals surface area contributed by atoms with E-state index in [4.69, 9.17) is 14.2 Å². The normalized spacial score (nSPS) is 34.8. The number of nitrogens with one attached hydrogen (secondary N) is 1. The van der Waals surface area contributed by atoms with E-state index in [1.165, 1.54) is 44.9 Å². The number of esters is 1. The van der Waals surface area contributed by atoms with E-state index < -0.39 is 36.7 Å². The molecule has 13 nitrogen and oxygen atoms in total. The van der Waals surface area contributed by atoms with Crippen molar-refractivity contribution in [3.8, 4) is 0 Å². The molecule has 0 bridgehead atoms. The van der Waals surface area contributed by atoms with Gasteiger partial charge in [0, 0.05) is 36.5 Å². The predicted molar refractivity (Wildman–Crippen MR) is 268 cm³/mol. The van der Waals surface area contributed by atoms with Crippen LogP contribution in [0.1, 0.15) is 150 Å². The Labute approximate surface area is 406 Å². The first-order valence-corrected chi connectivity index (χ1v) is 27.2. The third kappa shape index (κ3) is 18.1. The number of carbonyl (C=O) groups is 2. The van der Waals surface area contributed by atoms with Gasteiger partial charge in [-0.25, -0.2) is 0 Å². The SMILES string of the molecule is CCCCNC[C@H]1/C=C(CC(C)N2CCCCC2)/C=C/C(=O)[C@@H](CC(C)N2CCCCC2)CC[C@@H](CCO[C@@H]2O[C@H](C)[C@@H](O)[C@H](N(C)C)[C@H]2O)[C@H](CC(C)N2CCCCC2)[C@H](O)CC(=O)OC1. The second kappa shape index (κ2) is 29.5. The summed E-state index contributed by atoms with van der Waals surface area (Å²) in [6.45, 7) is 19.2. The number of aliphatic hydroxyl groups excluding tert-OH is 3. The first-order valence-electron chi connectivity index (χ1n) is 27.2. The lowest BCUT2D eigenvalue weighted by Gasteiger charge is -2.44. The van der Waals surface area contributed by atoms with Crippen LogP contribution in [0.25, 0.3) is 0 Å². The average molecular weight is 944 g/mol. The van der Waals surface area contributed by atoms with Crippen LogP contribution in [0.5, 0.6) is 0 Å². The van der Waals surface area contributed by atoms with Crippen molar-refractivity contribution >= 4 is 11.8 Å². The third-order valence-electron chi connectivity index (χ3n) is 16.2. The molecule has 0 amide bonds. The average Bonchev–Trinajstić information content (AvgIpc) is 3.32. The number of ether oxygens (including phenoxy) is 3. The summed E-state index contributed by atoms with van der Waals surface area (Å²) in [4.78, 5) is 38.4. The molecule has 0 aromatic carbocycles. The van der Waals surface area contributed by atoms with Gasteiger partial charge in [-0.05, 0) is 195 Å². The smallest absolute Gasteiger partial charge is 0.308 e. The van der Waals surface area contributed by atoms with Crippen molar-refractivity contribution in [2.24, 2.45) is 23.7 Å². The highest BCUT2D eigenvalue weighted by molar-refractivity contribution is 5.92. The number of piperidine rings is 3. The minimum atomic E-state index is -1.06. The van der Waals surface area contributed by atoms with E-state index in [9.17, 15) is 24.9 Å². The zero-order valence-corrected chi connectivity index (χ0v) is 43.2. The van der Waals surface area contributed by atoms with Crippen molar-refractivity contribution in [1.29, 1.82) is 0 Å². The van der Waals surface area contributed by atoms with Crippen LogP contribution >= 0.6 is 0 Å². The summed E-state index contributed by atoms with van der Waals surface area (Å²) in [5.74, 6) is -0.916. The van der Waals surface area contributed by atoms with E-state index in [0.717, 1.165) is 89.9 Å². The molecule has 5 aliphatic rings. The number of ketones is 1. The van der Waals surface area contributed by atoms with Crippen LogP contribution in [-0.2, 0) is 23.8 Å². The highest BCUT2D eigenvalue weighted by atomic mass is 16.7. The van der Waals surface area contributed by atoms with Gasteiger partial charge in [-0.1, -0.05) is 44.8 Å². The molecule has 4 fully saturated rings. The molecule has 0 spiro atoms. The monoisotopic (exact) mass is 944 g/mol. The van der Waals surface area contributed by atoms with Crippen molar-refractivity contribution < 1.29 is 39.1 Å². The van der Waals surface area contributed by atoms with Crippen LogP contribution in [0.2, 0.25) is 0 Å².